The van der Waals surface area contributed by atoms with E-state index in [1.165, 1.54) is 12.1 Å². The summed E-state index contributed by atoms with van der Waals surface area (Å²) in [6.45, 7) is 7.57. The SMILES string of the molecule is CC(C)COCC(O)CNC(C)c1ccc(F)cc1. The molecule has 0 saturated heterocycles. The minimum atomic E-state index is -0.526. The molecule has 108 valence electrons. The molecule has 0 aliphatic carbocycles. The van der Waals surface area contributed by atoms with Crippen LogP contribution in [0.15, 0.2) is 24.3 Å². The zero-order valence-electron chi connectivity index (χ0n) is 11.9. The Morgan fingerprint density at radius 3 is 2.37 bits per heavy atom. The lowest BCUT2D eigenvalue weighted by molar-refractivity contribution is 0.0252. The van der Waals surface area contributed by atoms with Crippen LogP contribution in [0.25, 0.3) is 0 Å². The van der Waals surface area contributed by atoms with Gasteiger partial charge in [0, 0.05) is 19.2 Å². The normalized spacial score (nSPS) is 14.6. The summed E-state index contributed by atoms with van der Waals surface area (Å²) >= 11 is 0. The summed E-state index contributed by atoms with van der Waals surface area (Å²) in [7, 11) is 0. The fraction of sp³-hybridized carbons (Fsp3) is 0.600. The van der Waals surface area contributed by atoms with Crippen molar-refractivity contribution in [1.29, 1.82) is 0 Å². The second-order valence-electron chi connectivity index (χ2n) is 5.27. The van der Waals surface area contributed by atoms with Gasteiger partial charge in [-0.3, -0.25) is 0 Å². The molecule has 0 spiro atoms. The topological polar surface area (TPSA) is 41.5 Å². The van der Waals surface area contributed by atoms with E-state index >= 15 is 0 Å². The summed E-state index contributed by atoms with van der Waals surface area (Å²) in [6, 6.07) is 6.44. The van der Waals surface area contributed by atoms with Crippen molar-refractivity contribution in [3.05, 3.63) is 35.6 Å². The molecule has 1 aromatic rings. The molecule has 0 aliphatic rings. The smallest absolute Gasteiger partial charge is 0.123 e. The maximum atomic E-state index is 12.8. The van der Waals surface area contributed by atoms with Crippen molar-refractivity contribution in [2.45, 2.75) is 32.9 Å². The van der Waals surface area contributed by atoms with Gasteiger partial charge in [-0.15, -0.1) is 0 Å². The minimum absolute atomic E-state index is 0.0698. The van der Waals surface area contributed by atoms with Crippen LogP contribution < -0.4 is 5.32 Å². The summed E-state index contributed by atoms with van der Waals surface area (Å²) in [4.78, 5) is 0. The van der Waals surface area contributed by atoms with Crippen molar-refractivity contribution in [3.8, 4) is 0 Å². The van der Waals surface area contributed by atoms with E-state index < -0.39 is 6.10 Å². The van der Waals surface area contributed by atoms with E-state index in [1.54, 1.807) is 12.1 Å². The van der Waals surface area contributed by atoms with Gasteiger partial charge in [0.2, 0.25) is 0 Å². The molecule has 3 nitrogen and oxygen atoms in total. The van der Waals surface area contributed by atoms with Crippen LogP contribution in [0.2, 0.25) is 0 Å². The van der Waals surface area contributed by atoms with Crippen LogP contribution in [0.3, 0.4) is 0 Å². The van der Waals surface area contributed by atoms with Crippen molar-refractivity contribution < 1.29 is 14.2 Å². The zero-order valence-corrected chi connectivity index (χ0v) is 11.9. The number of aliphatic hydroxyl groups excluding tert-OH is 1. The molecule has 0 heterocycles. The monoisotopic (exact) mass is 269 g/mol. The standard InChI is InChI=1S/C15H24FNO2/c1-11(2)9-19-10-15(18)8-17-12(3)13-4-6-14(16)7-5-13/h4-7,11-12,15,17-18H,8-10H2,1-3H3. The predicted molar refractivity (Wildman–Crippen MR) is 74.5 cm³/mol. The number of ether oxygens (including phenoxy) is 1. The van der Waals surface area contributed by atoms with E-state index in [9.17, 15) is 9.50 Å². The largest absolute Gasteiger partial charge is 0.389 e. The van der Waals surface area contributed by atoms with Crippen molar-refractivity contribution in [1.82, 2.24) is 5.32 Å². The Morgan fingerprint density at radius 2 is 1.79 bits per heavy atom. The van der Waals surface area contributed by atoms with Gasteiger partial charge < -0.3 is 15.2 Å². The lowest BCUT2D eigenvalue weighted by Gasteiger charge is -2.18. The predicted octanol–water partition coefficient (Wildman–Crippen LogP) is 2.51. The highest BCUT2D eigenvalue weighted by Crippen LogP contribution is 2.12. The Balaban J connectivity index is 2.25. The van der Waals surface area contributed by atoms with Crippen LogP contribution >= 0.6 is 0 Å². The van der Waals surface area contributed by atoms with E-state index in [4.69, 9.17) is 4.74 Å². The first-order valence-electron chi connectivity index (χ1n) is 6.73. The van der Waals surface area contributed by atoms with Gasteiger partial charge >= 0.3 is 0 Å². The van der Waals surface area contributed by atoms with Crippen LogP contribution in [0, 0.1) is 11.7 Å². The number of hydrogen-bond acceptors (Lipinski definition) is 3. The van der Waals surface area contributed by atoms with Gasteiger partial charge in [0.25, 0.3) is 0 Å². The third-order valence-electron chi connectivity index (χ3n) is 2.79. The molecule has 1 aromatic carbocycles. The van der Waals surface area contributed by atoms with Crippen molar-refractivity contribution >= 4 is 0 Å². The molecule has 2 atom stereocenters. The van der Waals surface area contributed by atoms with Gasteiger partial charge in [-0.25, -0.2) is 4.39 Å². The van der Waals surface area contributed by atoms with E-state index in [-0.39, 0.29) is 11.9 Å². The highest BCUT2D eigenvalue weighted by molar-refractivity contribution is 5.19. The molecular formula is C15H24FNO2. The van der Waals surface area contributed by atoms with Crippen molar-refractivity contribution in [3.63, 3.8) is 0 Å². The van der Waals surface area contributed by atoms with Gasteiger partial charge in [0.15, 0.2) is 0 Å². The number of hydrogen-bond donors (Lipinski definition) is 2. The summed E-state index contributed by atoms with van der Waals surface area (Å²) in [6.07, 6.45) is -0.526. The molecule has 0 fully saturated rings. The lowest BCUT2D eigenvalue weighted by atomic mass is 10.1. The zero-order chi connectivity index (χ0) is 14.3. The number of benzene rings is 1. The van der Waals surface area contributed by atoms with Crippen LogP contribution in [-0.2, 0) is 4.74 Å². The number of aliphatic hydroxyl groups is 1. The minimum Gasteiger partial charge on any atom is -0.389 e. The first-order valence-corrected chi connectivity index (χ1v) is 6.73. The second-order valence-corrected chi connectivity index (χ2v) is 5.27. The fourth-order valence-electron chi connectivity index (χ4n) is 1.68. The molecule has 0 aromatic heterocycles. The Labute approximate surface area is 114 Å². The number of rotatable bonds is 8. The quantitative estimate of drug-likeness (QED) is 0.762. The molecule has 0 radical (unpaired) electrons. The first kappa shape index (κ1) is 16.1. The summed E-state index contributed by atoms with van der Waals surface area (Å²) in [5, 5.41) is 13.0. The number of halogens is 1. The van der Waals surface area contributed by atoms with Crippen LogP contribution in [-0.4, -0.2) is 31.0 Å². The van der Waals surface area contributed by atoms with E-state index in [1.807, 2.05) is 6.92 Å². The van der Waals surface area contributed by atoms with Crippen LogP contribution in [0.5, 0.6) is 0 Å². The van der Waals surface area contributed by atoms with E-state index in [2.05, 4.69) is 19.2 Å². The average Bonchev–Trinajstić information content (AvgIpc) is 2.36. The highest BCUT2D eigenvalue weighted by Gasteiger charge is 2.09. The average molecular weight is 269 g/mol. The molecular weight excluding hydrogens is 245 g/mol. The Bertz CT molecular complexity index is 354. The molecule has 2 N–H and O–H groups in total. The molecule has 1 rings (SSSR count). The summed E-state index contributed by atoms with van der Waals surface area (Å²) in [5.74, 6) is 0.233. The van der Waals surface area contributed by atoms with Gasteiger partial charge in [-0.2, -0.15) is 0 Å². The van der Waals surface area contributed by atoms with Crippen LogP contribution in [0.1, 0.15) is 32.4 Å². The van der Waals surface area contributed by atoms with Crippen molar-refractivity contribution in [2.75, 3.05) is 19.8 Å². The maximum Gasteiger partial charge on any atom is 0.123 e. The van der Waals surface area contributed by atoms with Gasteiger partial charge in [0.1, 0.15) is 5.82 Å². The molecule has 19 heavy (non-hydrogen) atoms. The lowest BCUT2D eigenvalue weighted by Crippen LogP contribution is -2.32. The highest BCUT2D eigenvalue weighted by atomic mass is 19.1. The molecule has 2 unspecified atom stereocenters. The Kier molecular flexibility index (Phi) is 6.99. The van der Waals surface area contributed by atoms with Crippen LogP contribution in [0.4, 0.5) is 4.39 Å². The molecule has 4 heteroatoms. The van der Waals surface area contributed by atoms with E-state index in [0.29, 0.717) is 25.7 Å². The van der Waals surface area contributed by atoms with Gasteiger partial charge in [-0.1, -0.05) is 26.0 Å². The van der Waals surface area contributed by atoms with Crippen molar-refractivity contribution in [2.24, 2.45) is 5.92 Å². The third kappa shape index (κ3) is 6.66. The van der Waals surface area contributed by atoms with Gasteiger partial charge in [0.05, 0.1) is 12.7 Å². The van der Waals surface area contributed by atoms with E-state index in [0.717, 1.165) is 5.56 Å². The molecule has 0 bridgehead atoms. The number of nitrogens with one attached hydrogen (secondary N) is 1. The third-order valence-corrected chi connectivity index (χ3v) is 2.79. The summed E-state index contributed by atoms with van der Waals surface area (Å²) in [5.41, 5.74) is 0.997. The first-order chi connectivity index (χ1) is 8.99. The fourth-order valence-corrected chi connectivity index (χ4v) is 1.68. The molecule has 0 saturated carbocycles. The summed E-state index contributed by atoms with van der Waals surface area (Å²) < 4.78 is 18.2. The maximum absolute atomic E-state index is 12.8. The van der Waals surface area contributed by atoms with Gasteiger partial charge in [-0.05, 0) is 30.5 Å². The molecule has 0 amide bonds. The Hall–Kier alpha value is -0.970. The molecule has 0 aliphatic heterocycles. The second kappa shape index (κ2) is 8.25. The Morgan fingerprint density at radius 1 is 1.16 bits per heavy atom.